The van der Waals surface area contributed by atoms with E-state index in [1.165, 1.54) is 22.2 Å². The summed E-state index contributed by atoms with van der Waals surface area (Å²) >= 11 is 1.32. The van der Waals surface area contributed by atoms with Crippen LogP contribution in [-0.4, -0.2) is 26.6 Å². The Morgan fingerprint density at radius 2 is 2.12 bits per heavy atom. The number of aromatic nitrogens is 4. The molecule has 6 nitrogen and oxygen atoms in total. The molecule has 0 aliphatic heterocycles. The molecule has 0 N–H and O–H groups in total. The van der Waals surface area contributed by atoms with E-state index in [0.717, 1.165) is 10.6 Å². The van der Waals surface area contributed by atoms with Crippen LogP contribution < -0.4 is 10.3 Å². The van der Waals surface area contributed by atoms with Crippen LogP contribution in [0.2, 0.25) is 0 Å². The molecule has 3 heterocycles. The van der Waals surface area contributed by atoms with Gasteiger partial charge in [-0.15, -0.1) is 11.3 Å². The van der Waals surface area contributed by atoms with Gasteiger partial charge in [0.1, 0.15) is 21.8 Å². The second-order valence-electron chi connectivity index (χ2n) is 5.03. The number of methoxy groups -OCH3 is 1. The van der Waals surface area contributed by atoms with Crippen molar-refractivity contribution in [2.24, 2.45) is 0 Å². The molecule has 0 unspecified atom stereocenters. The molecule has 0 saturated heterocycles. The molecular formula is C17H12N4O2S. The van der Waals surface area contributed by atoms with Gasteiger partial charge in [0.15, 0.2) is 5.65 Å². The Labute approximate surface area is 141 Å². The number of fused-ring (bicyclic) bond motifs is 1. The van der Waals surface area contributed by atoms with Gasteiger partial charge in [0.2, 0.25) is 0 Å². The minimum absolute atomic E-state index is 0.152. The van der Waals surface area contributed by atoms with Gasteiger partial charge in [-0.2, -0.15) is 0 Å². The molecule has 0 aliphatic rings. The van der Waals surface area contributed by atoms with Gasteiger partial charge in [-0.3, -0.25) is 14.3 Å². The highest BCUT2D eigenvalue weighted by Crippen LogP contribution is 2.26. The van der Waals surface area contributed by atoms with Crippen LogP contribution in [-0.2, 0) is 0 Å². The molecule has 4 rings (SSSR count). The normalized spacial score (nSPS) is 10.9. The lowest BCUT2D eigenvalue weighted by atomic mass is 10.3. The van der Waals surface area contributed by atoms with Gasteiger partial charge in [0.05, 0.1) is 12.8 Å². The molecule has 24 heavy (non-hydrogen) atoms. The number of hydrogen-bond donors (Lipinski definition) is 0. The van der Waals surface area contributed by atoms with Crippen LogP contribution in [0.25, 0.3) is 26.6 Å². The van der Waals surface area contributed by atoms with E-state index in [9.17, 15) is 4.79 Å². The van der Waals surface area contributed by atoms with E-state index in [0.29, 0.717) is 21.8 Å². The predicted octanol–water partition coefficient (Wildman–Crippen LogP) is 2.91. The molecule has 0 fully saturated rings. The summed E-state index contributed by atoms with van der Waals surface area (Å²) in [7, 11) is 1.59. The maximum atomic E-state index is 12.8. The largest absolute Gasteiger partial charge is 0.497 e. The molecule has 4 aromatic rings. The van der Waals surface area contributed by atoms with Gasteiger partial charge in [-0.25, -0.2) is 9.97 Å². The fraction of sp³-hybridized carbons (Fsp3) is 0.0588. The Morgan fingerprint density at radius 1 is 1.21 bits per heavy atom. The summed E-state index contributed by atoms with van der Waals surface area (Å²) in [4.78, 5) is 25.7. The molecule has 0 aliphatic carbocycles. The topological polar surface area (TPSA) is 69.9 Å². The van der Waals surface area contributed by atoms with Crippen molar-refractivity contribution in [3.05, 3.63) is 65.5 Å². The lowest BCUT2D eigenvalue weighted by Gasteiger charge is -2.06. The molecule has 0 radical (unpaired) electrons. The first-order chi connectivity index (χ1) is 11.8. The summed E-state index contributed by atoms with van der Waals surface area (Å²) in [5.74, 6) is 0.680. The average molecular weight is 336 g/mol. The zero-order valence-electron chi connectivity index (χ0n) is 12.7. The molecule has 118 valence electrons. The van der Waals surface area contributed by atoms with Gasteiger partial charge >= 0.3 is 0 Å². The smallest absolute Gasteiger partial charge is 0.277 e. The van der Waals surface area contributed by atoms with Crippen molar-refractivity contribution in [1.82, 2.24) is 19.5 Å². The highest BCUT2D eigenvalue weighted by atomic mass is 32.1. The summed E-state index contributed by atoms with van der Waals surface area (Å²) in [5, 5.41) is 0.728. The summed E-state index contributed by atoms with van der Waals surface area (Å²) in [6, 6.07) is 11.0. The predicted molar refractivity (Wildman–Crippen MR) is 92.8 cm³/mol. The highest BCUT2D eigenvalue weighted by molar-refractivity contribution is 7.21. The van der Waals surface area contributed by atoms with E-state index in [2.05, 4.69) is 15.0 Å². The van der Waals surface area contributed by atoms with E-state index in [4.69, 9.17) is 4.74 Å². The zero-order valence-corrected chi connectivity index (χ0v) is 13.5. The Morgan fingerprint density at radius 3 is 2.92 bits per heavy atom. The van der Waals surface area contributed by atoms with E-state index < -0.39 is 0 Å². The molecule has 0 atom stereocenters. The summed E-state index contributed by atoms with van der Waals surface area (Å²) in [6.45, 7) is 0. The number of thiazole rings is 1. The van der Waals surface area contributed by atoms with Gasteiger partial charge in [-0.05, 0) is 24.3 Å². The Kier molecular flexibility index (Phi) is 3.55. The summed E-state index contributed by atoms with van der Waals surface area (Å²) in [6.07, 6.45) is 4.91. The second kappa shape index (κ2) is 5.86. The third-order valence-electron chi connectivity index (χ3n) is 3.56. The van der Waals surface area contributed by atoms with E-state index >= 15 is 0 Å². The van der Waals surface area contributed by atoms with Crippen molar-refractivity contribution < 1.29 is 4.74 Å². The third-order valence-corrected chi connectivity index (χ3v) is 4.64. The van der Waals surface area contributed by atoms with Crippen LogP contribution in [0.5, 0.6) is 5.75 Å². The average Bonchev–Trinajstić information content (AvgIpc) is 3.08. The number of benzene rings is 1. The maximum Gasteiger partial charge on any atom is 0.277 e. The van der Waals surface area contributed by atoms with E-state index in [-0.39, 0.29) is 5.56 Å². The first kappa shape index (κ1) is 14.5. The number of rotatable bonds is 3. The van der Waals surface area contributed by atoms with Crippen molar-refractivity contribution in [3.8, 4) is 22.0 Å². The number of pyridine rings is 1. The quantitative estimate of drug-likeness (QED) is 0.575. The molecule has 0 spiro atoms. The van der Waals surface area contributed by atoms with Crippen LogP contribution in [0.1, 0.15) is 0 Å². The molecule has 3 aromatic heterocycles. The van der Waals surface area contributed by atoms with Crippen molar-refractivity contribution >= 4 is 21.7 Å². The van der Waals surface area contributed by atoms with Crippen LogP contribution in [0.3, 0.4) is 0 Å². The standard InChI is InChI=1S/C17H12N4O2S/c1-23-13-6-2-5-12(8-13)21-10-19-15-14(17(21)22)24-16(20-15)11-4-3-7-18-9-11/h2-10H,1H3. The fourth-order valence-corrected chi connectivity index (χ4v) is 3.31. The van der Waals surface area contributed by atoms with E-state index in [1.54, 1.807) is 25.6 Å². The summed E-state index contributed by atoms with van der Waals surface area (Å²) < 4.78 is 7.22. The second-order valence-corrected chi connectivity index (χ2v) is 6.03. The first-order valence-electron chi connectivity index (χ1n) is 7.19. The van der Waals surface area contributed by atoms with Gasteiger partial charge in [0, 0.05) is 24.0 Å². The minimum atomic E-state index is -0.152. The summed E-state index contributed by atoms with van der Waals surface area (Å²) in [5.41, 5.74) is 1.86. The number of hydrogen-bond acceptors (Lipinski definition) is 6. The Hall–Kier alpha value is -3.06. The molecule has 1 aromatic carbocycles. The van der Waals surface area contributed by atoms with Crippen LogP contribution in [0, 0.1) is 0 Å². The van der Waals surface area contributed by atoms with Crippen molar-refractivity contribution in [2.75, 3.05) is 7.11 Å². The fourth-order valence-electron chi connectivity index (χ4n) is 2.37. The lowest BCUT2D eigenvalue weighted by Crippen LogP contribution is -2.17. The monoisotopic (exact) mass is 336 g/mol. The van der Waals surface area contributed by atoms with Crippen LogP contribution in [0.15, 0.2) is 59.9 Å². The molecule has 0 bridgehead atoms. The van der Waals surface area contributed by atoms with E-state index in [1.807, 2.05) is 30.3 Å². The molecule has 0 saturated carbocycles. The third kappa shape index (κ3) is 2.44. The van der Waals surface area contributed by atoms with Crippen LogP contribution in [0.4, 0.5) is 0 Å². The molecule has 7 heteroatoms. The molecular weight excluding hydrogens is 324 g/mol. The van der Waals surface area contributed by atoms with Gasteiger partial charge in [-0.1, -0.05) is 6.07 Å². The Bertz CT molecular complexity index is 1070. The maximum absolute atomic E-state index is 12.8. The highest BCUT2D eigenvalue weighted by Gasteiger charge is 2.13. The zero-order chi connectivity index (χ0) is 16.5. The number of ether oxygens (including phenoxy) is 1. The van der Waals surface area contributed by atoms with Gasteiger partial charge in [0.25, 0.3) is 5.56 Å². The van der Waals surface area contributed by atoms with Crippen molar-refractivity contribution in [1.29, 1.82) is 0 Å². The first-order valence-corrected chi connectivity index (χ1v) is 8.01. The minimum Gasteiger partial charge on any atom is -0.497 e. The van der Waals surface area contributed by atoms with Crippen LogP contribution >= 0.6 is 11.3 Å². The number of nitrogens with zero attached hydrogens (tertiary/aromatic N) is 4. The Balaban J connectivity index is 1.88. The van der Waals surface area contributed by atoms with Crippen molar-refractivity contribution in [2.45, 2.75) is 0 Å². The van der Waals surface area contributed by atoms with Crippen molar-refractivity contribution in [3.63, 3.8) is 0 Å². The lowest BCUT2D eigenvalue weighted by molar-refractivity contribution is 0.414. The van der Waals surface area contributed by atoms with Gasteiger partial charge < -0.3 is 4.74 Å². The SMILES string of the molecule is COc1cccc(-n2cnc3nc(-c4cccnc4)sc3c2=O)c1. The molecule has 0 amide bonds.